The number of hydrogen-bond donors (Lipinski definition) is 2. The normalized spacial score (nSPS) is 13.1. The summed E-state index contributed by atoms with van der Waals surface area (Å²) in [5, 5.41) is 17.5. The van der Waals surface area contributed by atoms with E-state index in [0.29, 0.717) is 23.2 Å². The summed E-state index contributed by atoms with van der Waals surface area (Å²) < 4.78 is 17.8. The molecule has 1 atom stereocenters. The van der Waals surface area contributed by atoms with Crippen molar-refractivity contribution in [1.82, 2.24) is 25.1 Å². The number of aryl methyl sites for hydroxylation is 3. The molecule has 0 saturated carbocycles. The molecule has 4 rings (SSSR count). The first-order chi connectivity index (χ1) is 15.8. The van der Waals surface area contributed by atoms with Crippen molar-refractivity contribution in [2.45, 2.75) is 40.2 Å². The second-order valence-electron chi connectivity index (χ2n) is 7.97. The van der Waals surface area contributed by atoms with E-state index in [1.807, 2.05) is 33.8 Å². The van der Waals surface area contributed by atoms with Gasteiger partial charge in [0.2, 0.25) is 12.7 Å². The second kappa shape index (κ2) is 9.45. The minimum atomic E-state index is -0.868. The van der Waals surface area contributed by atoms with Crippen molar-refractivity contribution in [3.8, 4) is 23.2 Å². The quantitative estimate of drug-likeness (QED) is 0.529. The number of hydrogen-bond acceptors (Lipinski definition) is 8. The molecule has 0 radical (unpaired) electrons. The zero-order valence-electron chi connectivity index (χ0n) is 19.1. The van der Waals surface area contributed by atoms with Crippen LogP contribution in [0, 0.1) is 27.7 Å². The number of rotatable bonds is 8. The van der Waals surface area contributed by atoms with E-state index in [2.05, 4.69) is 20.4 Å². The van der Waals surface area contributed by atoms with Crippen molar-refractivity contribution >= 4 is 5.91 Å². The number of ether oxygens (including phenoxy) is 3. The highest BCUT2D eigenvalue weighted by atomic mass is 16.7. The van der Waals surface area contributed by atoms with Gasteiger partial charge in [-0.1, -0.05) is 0 Å². The van der Waals surface area contributed by atoms with E-state index in [9.17, 15) is 9.90 Å². The Morgan fingerprint density at radius 2 is 1.88 bits per heavy atom. The van der Waals surface area contributed by atoms with Gasteiger partial charge in [0.1, 0.15) is 18.5 Å². The molecule has 0 saturated heterocycles. The van der Waals surface area contributed by atoms with Crippen molar-refractivity contribution in [3.05, 3.63) is 52.6 Å². The van der Waals surface area contributed by atoms with Crippen LogP contribution in [-0.2, 0) is 11.2 Å². The molecule has 3 heterocycles. The van der Waals surface area contributed by atoms with E-state index >= 15 is 0 Å². The smallest absolute Gasteiger partial charge is 0.251 e. The Morgan fingerprint density at radius 1 is 1.15 bits per heavy atom. The zero-order valence-corrected chi connectivity index (χ0v) is 19.1. The predicted molar refractivity (Wildman–Crippen MR) is 119 cm³/mol. The van der Waals surface area contributed by atoms with Crippen LogP contribution in [-0.4, -0.2) is 56.8 Å². The van der Waals surface area contributed by atoms with Crippen LogP contribution < -0.4 is 19.5 Å². The van der Waals surface area contributed by atoms with Crippen molar-refractivity contribution in [1.29, 1.82) is 0 Å². The van der Waals surface area contributed by atoms with Crippen LogP contribution in [0.3, 0.4) is 0 Å². The topological polar surface area (TPSA) is 121 Å². The second-order valence-corrected chi connectivity index (χ2v) is 7.97. The highest BCUT2D eigenvalue weighted by Crippen LogP contribution is 2.35. The van der Waals surface area contributed by atoms with Gasteiger partial charge in [-0.3, -0.25) is 4.79 Å². The molecule has 1 aromatic carbocycles. The third-order valence-corrected chi connectivity index (χ3v) is 5.26. The lowest BCUT2D eigenvalue weighted by Gasteiger charge is -2.14. The summed E-state index contributed by atoms with van der Waals surface area (Å²) >= 11 is 0. The average molecular weight is 453 g/mol. The van der Waals surface area contributed by atoms with Gasteiger partial charge in [-0.05, 0) is 45.9 Å². The van der Waals surface area contributed by atoms with Crippen LogP contribution >= 0.6 is 0 Å². The van der Waals surface area contributed by atoms with E-state index in [-0.39, 0.29) is 32.3 Å². The van der Waals surface area contributed by atoms with Crippen LogP contribution in [0.25, 0.3) is 5.95 Å². The zero-order chi connectivity index (χ0) is 23.5. The number of nitrogens with one attached hydrogen (secondary N) is 1. The maximum atomic E-state index is 12.5. The van der Waals surface area contributed by atoms with Crippen molar-refractivity contribution in [3.63, 3.8) is 0 Å². The molecule has 1 aliphatic heterocycles. The van der Waals surface area contributed by atoms with Crippen molar-refractivity contribution < 1.29 is 24.1 Å². The first-order valence-corrected chi connectivity index (χ1v) is 10.6. The largest absolute Gasteiger partial charge is 0.491 e. The molecule has 33 heavy (non-hydrogen) atoms. The van der Waals surface area contributed by atoms with E-state index < -0.39 is 6.10 Å². The van der Waals surface area contributed by atoms with Crippen molar-refractivity contribution in [2.75, 3.05) is 19.9 Å². The highest BCUT2D eigenvalue weighted by Gasteiger charge is 2.19. The average Bonchev–Trinajstić information content (AvgIpc) is 3.35. The Labute approximate surface area is 191 Å². The van der Waals surface area contributed by atoms with Crippen LogP contribution in [0.1, 0.15) is 28.3 Å². The molecule has 2 N–H and O–H groups in total. The number of carbonyl (C=O) groups is 1. The maximum Gasteiger partial charge on any atom is 0.251 e. The van der Waals surface area contributed by atoms with Crippen LogP contribution in [0.15, 0.2) is 24.3 Å². The number of amides is 1. The molecule has 174 valence electrons. The van der Waals surface area contributed by atoms with Gasteiger partial charge in [-0.2, -0.15) is 5.10 Å². The minimum Gasteiger partial charge on any atom is -0.491 e. The summed E-state index contributed by atoms with van der Waals surface area (Å²) in [6, 6.07) is 7.09. The van der Waals surface area contributed by atoms with Gasteiger partial charge in [0.25, 0.3) is 5.95 Å². The fourth-order valence-electron chi connectivity index (χ4n) is 3.60. The van der Waals surface area contributed by atoms with E-state index in [1.54, 1.807) is 22.9 Å². The van der Waals surface area contributed by atoms with Gasteiger partial charge in [-0.25, -0.2) is 14.6 Å². The Morgan fingerprint density at radius 3 is 2.64 bits per heavy atom. The number of benzene rings is 1. The Kier molecular flexibility index (Phi) is 6.45. The number of aliphatic hydroxyl groups excluding tert-OH is 1. The van der Waals surface area contributed by atoms with Crippen LogP contribution in [0.4, 0.5) is 0 Å². The summed E-state index contributed by atoms with van der Waals surface area (Å²) in [5.74, 6) is 2.08. The molecule has 1 aliphatic rings. The SMILES string of the molecule is Cc1cc(C)nc(-n2nc(C)c(CC(=O)NCC(O)COc3ccc4c(c3)OCO4)c2C)n1. The monoisotopic (exact) mass is 453 g/mol. The molecule has 1 amide bonds. The summed E-state index contributed by atoms with van der Waals surface area (Å²) in [6.07, 6.45) is -0.731. The number of aliphatic hydroxyl groups is 1. The van der Waals surface area contributed by atoms with Gasteiger partial charge in [0.05, 0.1) is 12.1 Å². The number of carbonyl (C=O) groups excluding carboxylic acids is 1. The molecule has 3 aromatic rings. The lowest BCUT2D eigenvalue weighted by Crippen LogP contribution is -2.36. The fraction of sp³-hybridized carbons (Fsp3) is 0.391. The Hall–Kier alpha value is -3.66. The standard InChI is InChI=1S/C23H27N5O5/c1-13-7-14(2)26-23(25-13)28-16(4)19(15(3)27-28)9-22(30)24-10-17(29)11-31-18-5-6-20-21(8-18)33-12-32-20/h5-8,17,29H,9-12H2,1-4H3,(H,24,30). The summed E-state index contributed by atoms with van der Waals surface area (Å²) in [5.41, 5.74) is 4.04. The van der Waals surface area contributed by atoms with Crippen molar-refractivity contribution in [2.24, 2.45) is 0 Å². The number of nitrogens with zero attached hydrogens (tertiary/aromatic N) is 4. The van der Waals surface area contributed by atoms with Crippen LogP contribution in [0.5, 0.6) is 17.2 Å². The third kappa shape index (κ3) is 5.23. The van der Waals surface area contributed by atoms with Gasteiger partial charge in [-0.15, -0.1) is 0 Å². The molecule has 0 spiro atoms. The first-order valence-electron chi connectivity index (χ1n) is 10.6. The molecule has 0 fully saturated rings. The lowest BCUT2D eigenvalue weighted by molar-refractivity contribution is -0.121. The number of fused-ring (bicyclic) bond motifs is 1. The molecular weight excluding hydrogens is 426 g/mol. The molecular formula is C23H27N5O5. The first kappa shape index (κ1) is 22.5. The van der Waals surface area contributed by atoms with Gasteiger partial charge < -0.3 is 24.6 Å². The third-order valence-electron chi connectivity index (χ3n) is 5.26. The molecule has 10 heteroatoms. The molecule has 1 unspecified atom stereocenters. The van der Waals surface area contributed by atoms with Gasteiger partial charge >= 0.3 is 0 Å². The Bertz CT molecular complexity index is 1160. The lowest BCUT2D eigenvalue weighted by atomic mass is 10.1. The maximum absolute atomic E-state index is 12.5. The van der Waals surface area contributed by atoms with E-state index in [1.165, 1.54) is 0 Å². The summed E-state index contributed by atoms with van der Waals surface area (Å²) in [6.45, 7) is 7.82. The predicted octanol–water partition coefficient (Wildman–Crippen LogP) is 1.72. The Balaban J connectivity index is 1.31. The van der Waals surface area contributed by atoms with Gasteiger partial charge in [0.15, 0.2) is 11.5 Å². The van der Waals surface area contributed by atoms with Gasteiger partial charge in [0, 0.05) is 35.3 Å². The van der Waals surface area contributed by atoms with Crippen LogP contribution in [0.2, 0.25) is 0 Å². The summed E-state index contributed by atoms with van der Waals surface area (Å²) in [4.78, 5) is 21.4. The molecule has 2 aromatic heterocycles. The fourth-order valence-corrected chi connectivity index (χ4v) is 3.60. The number of aromatic nitrogens is 4. The van der Waals surface area contributed by atoms with E-state index in [0.717, 1.165) is 28.3 Å². The van der Waals surface area contributed by atoms with E-state index in [4.69, 9.17) is 14.2 Å². The molecule has 0 bridgehead atoms. The molecule has 0 aliphatic carbocycles. The minimum absolute atomic E-state index is 0.0277. The highest BCUT2D eigenvalue weighted by molar-refractivity contribution is 5.79. The molecule has 10 nitrogen and oxygen atoms in total. The summed E-state index contributed by atoms with van der Waals surface area (Å²) in [7, 11) is 0.